The normalized spacial score (nSPS) is 10.9. The van der Waals surface area contributed by atoms with Crippen LogP contribution in [0.15, 0.2) is 40.9 Å². The minimum absolute atomic E-state index is 0.00128. The van der Waals surface area contributed by atoms with Crippen molar-refractivity contribution < 1.29 is 14.3 Å². The lowest BCUT2D eigenvalue weighted by Crippen LogP contribution is -2.49. The average molecular weight is 533 g/mol. The van der Waals surface area contributed by atoms with E-state index in [1.807, 2.05) is 12.1 Å². The maximum absolute atomic E-state index is 12.2. The van der Waals surface area contributed by atoms with Crippen LogP contribution in [0, 0.1) is 0 Å². The summed E-state index contributed by atoms with van der Waals surface area (Å²) in [5.41, 5.74) is 6.11. The van der Waals surface area contributed by atoms with Gasteiger partial charge < -0.3 is 4.74 Å². The Bertz CT molecular complexity index is 980. The first-order valence-electron chi connectivity index (χ1n) is 8.75. The molecule has 0 fully saturated rings. The molecule has 0 aliphatic carbocycles. The van der Waals surface area contributed by atoms with Gasteiger partial charge in [-0.1, -0.05) is 50.0 Å². The molecule has 0 atom stereocenters. The number of nitrogens with one attached hydrogen (secondary N) is 3. The lowest BCUT2D eigenvalue weighted by atomic mass is 9.87. The molecule has 10 heteroatoms. The van der Waals surface area contributed by atoms with Crippen molar-refractivity contribution in [1.82, 2.24) is 16.2 Å². The summed E-state index contributed by atoms with van der Waals surface area (Å²) in [7, 11) is 0. The molecule has 0 spiro atoms. The van der Waals surface area contributed by atoms with Crippen molar-refractivity contribution in [3.8, 4) is 5.75 Å². The third kappa shape index (κ3) is 7.12. The quantitative estimate of drug-likeness (QED) is 0.390. The molecule has 0 radical (unpaired) electrons. The van der Waals surface area contributed by atoms with Gasteiger partial charge in [-0.3, -0.25) is 25.8 Å². The first kappa shape index (κ1) is 24.4. The molecule has 0 aliphatic rings. The Labute approximate surface area is 198 Å². The highest BCUT2D eigenvalue weighted by Crippen LogP contribution is 2.31. The second-order valence-corrected chi connectivity index (χ2v) is 9.37. The van der Waals surface area contributed by atoms with Crippen molar-refractivity contribution in [2.45, 2.75) is 26.2 Å². The highest BCUT2D eigenvalue weighted by molar-refractivity contribution is 9.10. The Morgan fingerprint density at radius 3 is 2.40 bits per heavy atom. The van der Waals surface area contributed by atoms with Crippen LogP contribution in [0.3, 0.4) is 0 Å². The molecule has 2 aromatic rings. The maximum atomic E-state index is 12.2. The molecular formula is C20H20BrCl2N3O3S. The molecule has 2 amide bonds. The summed E-state index contributed by atoms with van der Waals surface area (Å²) < 4.78 is 6.26. The van der Waals surface area contributed by atoms with Gasteiger partial charge in [0.1, 0.15) is 5.75 Å². The molecule has 0 unspecified atom stereocenters. The zero-order chi connectivity index (χ0) is 22.5. The molecule has 2 aromatic carbocycles. The third-order valence-electron chi connectivity index (χ3n) is 3.87. The number of halogens is 3. The van der Waals surface area contributed by atoms with E-state index in [4.69, 9.17) is 40.2 Å². The van der Waals surface area contributed by atoms with E-state index in [0.717, 1.165) is 10.0 Å². The molecule has 3 N–H and O–H groups in total. The minimum atomic E-state index is -0.539. The molecule has 160 valence electrons. The van der Waals surface area contributed by atoms with Gasteiger partial charge in [-0.05, 0) is 69.5 Å². The van der Waals surface area contributed by atoms with E-state index < -0.39 is 11.8 Å². The number of hydrazine groups is 1. The first-order valence-corrected chi connectivity index (χ1v) is 10.7. The van der Waals surface area contributed by atoms with Crippen LogP contribution < -0.4 is 20.9 Å². The zero-order valence-electron chi connectivity index (χ0n) is 16.4. The van der Waals surface area contributed by atoms with Crippen molar-refractivity contribution >= 4 is 68.3 Å². The summed E-state index contributed by atoms with van der Waals surface area (Å²) in [6.45, 7) is 6.07. The van der Waals surface area contributed by atoms with Gasteiger partial charge in [0.15, 0.2) is 11.7 Å². The molecule has 0 saturated heterocycles. The van der Waals surface area contributed by atoms with E-state index >= 15 is 0 Å². The standard InChI is InChI=1S/C20H20BrCl2N3O3S/c1-20(2,3)11-4-7-16(14(21)8-11)29-10-17(27)25-26-19(30)24-18(28)13-6-5-12(22)9-15(13)23/h4-9H,10H2,1-3H3,(H,25,27)(H2,24,26,28,30). The number of rotatable bonds is 4. The molecule has 2 rings (SSSR count). The predicted octanol–water partition coefficient (Wildman–Crippen LogP) is 4.77. The van der Waals surface area contributed by atoms with Crippen molar-refractivity contribution in [3.63, 3.8) is 0 Å². The molecule has 0 saturated carbocycles. The summed E-state index contributed by atoms with van der Waals surface area (Å²) in [6, 6.07) is 10.1. The number of thiocarbonyl (C=S) groups is 1. The molecular weight excluding hydrogens is 513 g/mol. The third-order valence-corrected chi connectivity index (χ3v) is 5.25. The fourth-order valence-corrected chi connectivity index (χ4v) is 3.40. The van der Waals surface area contributed by atoms with Crippen LogP contribution in [-0.4, -0.2) is 23.5 Å². The number of hydrogen-bond acceptors (Lipinski definition) is 4. The SMILES string of the molecule is CC(C)(C)c1ccc(OCC(=O)NNC(=S)NC(=O)c2ccc(Cl)cc2Cl)c(Br)c1. The Balaban J connectivity index is 1.82. The summed E-state index contributed by atoms with van der Waals surface area (Å²) in [5, 5.41) is 2.89. The van der Waals surface area contributed by atoms with E-state index in [2.05, 4.69) is 52.9 Å². The van der Waals surface area contributed by atoms with Gasteiger partial charge >= 0.3 is 0 Å². The van der Waals surface area contributed by atoms with Crippen LogP contribution in [0.4, 0.5) is 0 Å². The van der Waals surface area contributed by atoms with E-state index in [-0.39, 0.29) is 27.7 Å². The van der Waals surface area contributed by atoms with E-state index in [9.17, 15) is 9.59 Å². The zero-order valence-corrected chi connectivity index (χ0v) is 20.4. The number of carbonyl (C=O) groups is 2. The van der Waals surface area contributed by atoms with Crippen LogP contribution in [0.5, 0.6) is 5.75 Å². The van der Waals surface area contributed by atoms with Gasteiger partial charge in [0, 0.05) is 5.02 Å². The monoisotopic (exact) mass is 531 g/mol. The smallest absolute Gasteiger partial charge is 0.276 e. The minimum Gasteiger partial charge on any atom is -0.483 e. The number of ether oxygens (including phenoxy) is 1. The number of benzene rings is 2. The molecule has 30 heavy (non-hydrogen) atoms. The Hall–Kier alpha value is -1.87. The van der Waals surface area contributed by atoms with Gasteiger partial charge in [0.05, 0.1) is 15.1 Å². The fraction of sp³-hybridized carbons (Fsp3) is 0.250. The maximum Gasteiger partial charge on any atom is 0.276 e. The van der Waals surface area contributed by atoms with Gasteiger partial charge in [-0.25, -0.2) is 0 Å². The van der Waals surface area contributed by atoms with E-state index in [1.165, 1.54) is 18.2 Å². The number of carbonyl (C=O) groups excluding carboxylic acids is 2. The Morgan fingerprint density at radius 1 is 1.10 bits per heavy atom. The predicted molar refractivity (Wildman–Crippen MR) is 126 cm³/mol. The summed E-state index contributed by atoms with van der Waals surface area (Å²) in [5.74, 6) is -0.489. The van der Waals surface area contributed by atoms with Gasteiger partial charge in [-0.15, -0.1) is 0 Å². The van der Waals surface area contributed by atoms with Crippen molar-refractivity contribution in [2.24, 2.45) is 0 Å². The molecule has 0 heterocycles. The Kier molecular flexibility index (Phi) is 8.49. The summed E-state index contributed by atoms with van der Waals surface area (Å²) >= 11 is 20.2. The lowest BCUT2D eigenvalue weighted by Gasteiger charge is -2.20. The van der Waals surface area contributed by atoms with Crippen molar-refractivity contribution in [1.29, 1.82) is 0 Å². The average Bonchev–Trinajstić information content (AvgIpc) is 2.64. The van der Waals surface area contributed by atoms with Crippen LogP contribution in [0.2, 0.25) is 10.0 Å². The van der Waals surface area contributed by atoms with Gasteiger partial charge in [0.25, 0.3) is 11.8 Å². The van der Waals surface area contributed by atoms with Crippen molar-refractivity contribution in [3.05, 3.63) is 62.0 Å². The first-order chi connectivity index (χ1) is 14.0. The fourth-order valence-electron chi connectivity index (χ4n) is 2.27. The molecule has 0 aromatic heterocycles. The van der Waals surface area contributed by atoms with Crippen LogP contribution >= 0.6 is 51.3 Å². The van der Waals surface area contributed by atoms with Crippen molar-refractivity contribution in [2.75, 3.05) is 6.61 Å². The van der Waals surface area contributed by atoms with Crippen LogP contribution in [0.1, 0.15) is 36.7 Å². The summed E-state index contributed by atoms with van der Waals surface area (Å²) in [4.78, 5) is 24.2. The largest absolute Gasteiger partial charge is 0.483 e. The second-order valence-electron chi connectivity index (χ2n) is 7.26. The Morgan fingerprint density at radius 2 is 1.80 bits per heavy atom. The van der Waals surface area contributed by atoms with E-state index in [1.54, 1.807) is 6.07 Å². The molecule has 0 bridgehead atoms. The van der Waals surface area contributed by atoms with Crippen LogP contribution in [0.25, 0.3) is 0 Å². The van der Waals surface area contributed by atoms with Crippen LogP contribution in [-0.2, 0) is 10.2 Å². The van der Waals surface area contributed by atoms with Gasteiger partial charge in [-0.2, -0.15) is 0 Å². The highest BCUT2D eigenvalue weighted by atomic mass is 79.9. The summed E-state index contributed by atoms with van der Waals surface area (Å²) in [6.07, 6.45) is 0. The molecule has 0 aliphatic heterocycles. The topological polar surface area (TPSA) is 79.5 Å². The number of amides is 2. The van der Waals surface area contributed by atoms with Gasteiger partial charge in [0.2, 0.25) is 0 Å². The second kappa shape index (κ2) is 10.4. The van der Waals surface area contributed by atoms with E-state index in [0.29, 0.717) is 10.8 Å². The number of hydrogen-bond donors (Lipinski definition) is 3. The lowest BCUT2D eigenvalue weighted by molar-refractivity contribution is -0.123. The molecule has 6 nitrogen and oxygen atoms in total. The highest BCUT2D eigenvalue weighted by Gasteiger charge is 2.16.